The van der Waals surface area contributed by atoms with Crippen molar-refractivity contribution in [2.75, 3.05) is 70.5 Å². The van der Waals surface area contributed by atoms with E-state index in [2.05, 4.69) is 36.2 Å². The van der Waals surface area contributed by atoms with Gasteiger partial charge in [-0.05, 0) is 93.8 Å². The fourth-order valence-electron chi connectivity index (χ4n) is 13.7. The van der Waals surface area contributed by atoms with Crippen LogP contribution in [0.3, 0.4) is 0 Å². The number of anilines is 1. The number of para-hydroxylation sites is 1. The molecular formula is C57H61F2N11O7. The van der Waals surface area contributed by atoms with E-state index in [0.29, 0.717) is 76.4 Å². The molecule has 0 saturated carbocycles. The van der Waals surface area contributed by atoms with Gasteiger partial charge in [0.15, 0.2) is 5.82 Å². The first-order valence-corrected chi connectivity index (χ1v) is 27.2. The van der Waals surface area contributed by atoms with Gasteiger partial charge in [0.25, 0.3) is 0 Å². The second-order valence-corrected chi connectivity index (χ2v) is 22.3. The van der Waals surface area contributed by atoms with Crippen LogP contribution in [0.2, 0.25) is 0 Å². The van der Waals surface area contributed by atoms with E-state index in [-0.39, 0.29) is 96.3 Å². The number of hydrogen-bond acceptors (Lipinski definition) is 14. The Labute approximate surface area is 443 Å². The summed E-state index contributed by atoms with van der Waals surface area (Å²) in [6, 6.07) is 13.6. The van der Waals surface area contributed by atoms with E-state index in [1.54, 1.807) is 37.5 Å². The summed E-state index contributed by atoms with van der Waals surface area (Å²) in [5.41, 5.74) is 1.06. The predicted molar refractivity (Wildman–Crippen MR) is 283 cm³/mol. The number of piperazine rings is 1. The maximum atomic E-state index is 17.2. The van der Waals surface area contributed by atoms with Gasteiger partial charge in [-0.15, -0.1) is 6.42 Å². The lowest BCUT2D eigenvalue weighted by atomic mass is 9.95. The topological polar surface area (TPSA) is 182 Å². The molecule has 2 N–H and O–H groups in total. The Balaban J connectivity index is 0.628. The molecule has 3 unspecified atom stereocenters. The highest BCUT2D eigenvalue weighted by Crippen LogP contribution is 2.44. The van der Waals surface area contributed by atoms with E-state index in [0.717, 1.165) is 77.5 Å². The van der Waals surface area contributed by atoms with E-state index in [4.69, 9.17) is 30.6 Å². The first kappa shape index (κ1) is 49.4. The molecule has 5 atom stereocenters. The number of carbonyl (C=O) groups is 3. The van der Waals surface area contributed by atoms with Gasteiger partial charge in [0, 0.05) is 94.6 Å². The molecule has 0 spiro atoms. The standard InChI is InChI=1S/C57H61F2N11O7/c1-3-39-42(58)14-11-34-7-4-8-40(47(34)39)49-48(59)50-41(25-60-49)52(68-27-35-12-13-36(28-68)61-35)64-54(63-50)76-32-57-20-6-22-69(57)37(17-21-57)31-75-56(74)67-23-18-33(19-24-67)26-66-29-38(30-66)77-45-10-5-9-43-51(45)65(2)55(73)70(43)44-15-16-46(71)62-53(44)72/h1,4-5,7-11,14,25,33,35-38,44,61H,6,12-13,15-24,26-32H2,2H3,(H,62,71,72)/t35?,36?,37-,44?,57-/m0/s1. The minimum Gasteiger partial charge on any atom is -0.485 e. The highest BCUT2D eigenvalue weighted by molar-refractivity contribution is 6.02. The molecule has 6 aromatic rings. The Kier molecular flexibility index (Phi) is 12.6. The molecule has 7 saturated heterocycles. The molecule has 13 rings (SSSR count). The van der Waals surface area contributed by atoms with Gasteiger partial charge in [0.05, 0.1) is 22.0 Å². The van der Waals surface area contributed by atoms with Crippen LogP contribution in [0, 0.1) is 29.9 Å². The molecule has 7 aliphatic rings. The normalized spacial score (nSPS) is 25.1. The minimum absolute atomic E-state index is 0.0121. The highest BCUT2D eigenvalue weighted by Gasteiger charge is 2.50. The zero-order chi connectivity index (χ0) is 52.7. The number of amides is 3. The molecular weight excluding hydrogens is 989 g/mol. The van der Waals surface area contributed by atoms with E-state index < -0.39 is 23.6 Å². The van der Waals surface area contributed by atoms with E-state index in [1.807, 2.05) is 23.1 Å². The number of aryl methyl sites for hydroxylation is 1. The van der Waals surface area contributed by atoms with Crippen LogP contribution < -0.4 is 30.7 Å². The Bertz CT molecular complexity index is 3460. The van der Waals surface area contributed by atoms with Crippen LogP contribution >= 0.6 is 0 Å². The van der Waals surface area contributed by atoms with Gasteiger partial charge in [-0.1, -0.05) is 36.3 Å². The number of rotatable bonds is 12. The number of carbonyl (C=O) groups excluding carboxylic acids is 3. The summed E-state index contributed by atoms with van der Waals surface area (Å²) in [5.74, 6) is 2.00. The fraction of sp³-hybridized carbons (Fsp3) is 0.491. The molecule has 3 aromatic heterocycles. The Morgan fingerprint density at radius 3 is 2.52 bits per heavy atom. The number of ether oxygens (including phenoxy) is 3. The molecule has 3 aromatic carbocycles. The number of benzene rings is 3. The largest absolute Gasteiger partial charge is 0.485 e. The first-order valence-electron chi connectivity index (χ1n) is 27.2. The summed E-state index contributed by atoms with van der Waals surface area (Å²) in [7, 11) is 1.67. The monoisotopic (exact) mass is 1050 g/mol. The number of nitrogens with one attached hydrogen (secondary N) is 2. The van der Waals surface area contributed by atoms with Crippen molar-refractivity contribution in [3.8, 4) is 35.4 Å². The molecule has 7 aliphatic heterocycles. The van der Waals surface area contributed by atoms with E-state index >= 15 is 8.78 Å². The minimum atomic E-state index is -0.766. The highest BCUT2D eigenvalue weighted by atomic mass is 19.1. The average Bonchev–Trinajstić information content (AvgIpc) is 4.28. The van der Waals surface area contributed by atoms with E-state index in [9.17, 15) is 19.2 Å². The number of imidazole rings is 1. The Hall–Kier alpha value is -7.21. The SMILES string of the molecule is C#Cc1c(F)ccc2cccc(-c3ncc4c(N5CC6CCC(C5)N6)nc(OC[C@@]56CCCN5[C@H](COC(=O)N5CCC(CN7CC(Oc8cccc9c8n(C)c(=O)n9C8CCC(=O)NC8=O)C7)CC5)CC6)nc4c3F)c12. The molecule has 18 nitrogen and oxygen atoms in total. The number of likely N-dealkylation sites (tertiary alicyclic amines) is 2. The van der Waals surface area contributed by atoms with Crippen LogP contribution in [0.4, 0.5) is 19.4 Å². The van der Waals surface area contributed by atoms with Gasteiger partial charge in [-0.25, -0.2) is 18.4 Å². The lowest BCUT2D eigenvalue weighted by Crippen LogP contribution is -2.55. The van der Waals surface area contributed by atoms with Crippen molar-refractivity contribution >= 4 is 56.4 Å². The molecule has 0 radical (unpaired) electrons. The molecule has 10 heterocycles. The number of terminal acetylenes is 1. The lowest BCUT2D eigenvalue weighted by Gasteiger charge is -2.42. The van der Waals surface area contributed by atoms with Crippen LogP contribution in [-0.4, -0.2) is 152 Å². The Morgan fingerprint density at radius 1 is 0.922 bits per heavy atom. The maximum absolute atomic E-state index is 17.2. The van der Waals surface area contributed by atoms with Gasteiger partial charge in [-0.3, -0.25) is 38.8 Å². The van der Waals surface area contributed by atoms with Crippen molar-refractivity contribution in [1.29, 1.82) is 0 Å². The number of pyridine rings is 1. The summed E-state index contributed by atoms with van der Waals surface area (Å²) in [6.45, 7) is 6.43. The van der Waals surface area contributed by atoms with E-state index in [1.165, 1.54) is 15.2 Å². The summed E-state index contributed by atoms with van der Waals surface area (Å²) in [4.78, 5) is 74.7. The second-order valence-electron chi connectivity index (χ2n) is 22.3. The third-order valence-corrected chi connectivity index (χ3v) is 17.7. The van der Waals surface area contributed by atoms with Gasteiger partial charge < -0.3 is 29.3 Å². The van der Waals surface area contributed by atoms with Crippen LogP contribution in [0.5, 0.6) is 11.8 Å². The van der Waals surface area contributed by atoms with Gasteiger partial charge in [-0.2, -0.15) is 9.97 Å². The van der Waals surface area contributed by atoms with Gasteiger partial charge in [0.1, 0.15) is 59.5 Å². The van der Waals surface area contributed by atoms with Crippen LogP contribution in [0.1, 0.15) is 75.8 Å². The van der Waals surface area contributed by atoms with Crippen molar-refractivity contribution in [2.45, 2.75) is 100 Å². The number of piperidine rings is 2. The average molecular weight is 1050 g/mol. The zero-order valence-corrected chi connectivity index (χ0v) is 43.0. The number of hydrogen-bond donors (Lipinski definition) is 2. The number of halogens is 2. The smallest absolute Gasteiger partial charge is 0.409 e. The molecule has 400 valence electrons. The quantitative estimate of drug-likeness (QED) is 0.113. The third kappa shape index (κ3) is 8.80. The number of fused-ring (bicyclic) bond motifs is 6. The van der Waals surface area contributed by atoms with Gasteiger partial charge >= 0.3 is 17.8 Å². The summed E-state index contributed by atoms with van der Waals surface area (Å²) in [6.07, 6.45) is 14.9. The van der Waals surface area contributed by atoms with Crippen molar-refractivity contribution in [2.24, 2.45) is 13.0 Å². The third-order valence-electron chi connectivity index (χ3n) is 17.7. The lowest BCUT2D eigenvalue weighted by molar-refractivity contribution is -0.135. The summed E-state index contributed by atoms with van der Waals surface area (Å²) in [5, 5.41) is 7.57. The number of aromatic nitrogens is 5. The molecule has 7 fully saturated rings. The van der Waals surface area contributed by atoms with Crippen LogP contribution in [0.15, 0.2) is 59.5 Å². The molecule has 3 amide bonds. The van der Waals surface area contributed by atoms with Crippen molar-refractivity contribution in [3.63, 3.8) is 0 Å². The predicted octanol–water partition coefficient (Wildman–Crippen LogP) is 5.66. The van der Waals surface area contributed by atoms with Crippen molar-refractivity contribution in [1.82, 2.24) is 49.4 Å². The van der Waals surface area contributed by atoms with Crippen LogP contribution in [0.25, 0.3) is 44.0 Å². The van der Waals surface area contributed by atoms with Crippen molar-refractivity contribution < 1.29 is 37.4 Å². The first-order chi connectivity index (χ1) is 37.4. The van der Waals surface area contributed by atoms with Gasteiger partial charge in [0.2, 0.25) is 11.8 Å². The number of nitrogens with zero attached hydrogens (tertiary/aromatic N) is 9. The molecule has 2 bridgehead atoms. The maximum Gasteiger partial charge on any atom is 0.409 e. The molecule has 77 heavy (non-hydrogen) atoms. The summed E-state index contributed by atoms with van der Waals surface area (Å²) < 4.78 is 54.4. The fourth-order valence-corrected chi connectivity index (χ4v) is 13.7. The summed E-state index contributed by atoms with van der Waals surface area (Å²) >= 11 is 0. The van der Waals surface area contributed by atoms with Crippen LogP contribution in [-0.2, 0) is 21.4 Å². The zero-order valence-electron chi connectivity index (χ0n) is 43.0. The molecule has 20 heteroatoms. The Morgan fingerprint density at radius 2 is 1.73 bits per heavy atom. The van der Waals surface area contributed by atoms with Crippen molar-refractivity contribution in [3.05, 3.63) is 82.4 Å². The second kappa shape index (κ2) is 19.7. The molecule has 0 aliphatic carbocycles. The number of imide groups is 1.